The van der Waals surface area contributed by atoms with Crippen LogP contribution in [0.25, 0.3) is 0 Å². The van der Waals surface area contributed by atoms with E-state index < -0.39 is 12.1 Å². The van der Waals surface area contributed by atoms with Crippen molar-refractivity contribution in [3.63, 3.8) is 0 Å². The molecule has 1 aromatic heterocycles. The Morgan fingerprint density at radius 3 is 2.50 bits per heavy atom. The molecule has 1 aliphatic carbocycles. The molecule has 1 amide bonds. The number of aromatic nitrogens is 1. The van der Waals surface area contributed by atoms with Crippen LogP contribution in [0.5, 0.6) is 0 Å². The van der Waals surface area contributed by atoms with Gasteiger partial charge in [0.15, 0.2) is 0 Å². The van der Waals surface area contributed by atoms with Gasteiger partial charge in [-0.2, -0.15) is 13.2 Å². The highest BCUT2D eigenvalue weighted by Crippen LogP contribution is 2.34. The molecule has 3 heterocycles. The number of nitrogens with zero attached hydrogens (tertiary/aromatic N) is 3. The lowest BCUT2D eigenvalue weighted by Gasteiger charge is -2.47. The topological polar surface area (TPSA) is 83.0 Å². The number of morpholine rings is 1. The molecule has 0 atom stereocenters. The number of piperidine rings is 1. The Morgan fingerprint density at radius 2 is 2.00 bits per heavy atom. The van der Waals surface area contributed by atoms with Crippen LogP contribution < -0.4 is 0 Å². The maximum Gasteiger partial charge on any atom is 0.490 e. The molecule has 0 bridgehead atoms. The number of halogens is 3. The quantitative estimate of drug-likeness (QED) is 0.761. The molecule has 2 aliphatic heterocycles. The molecule has 1 aromatic rings. The molecule has 2 saturated heterocycles. The number of carbonyl (C=O) groups is 2. The number of thiazole rings is 1. The number of aliphatic carboxylic acids is 1. The maximum atomic E-state index is 12.2. The average molecular weight is 449 g/mol. The molecule has 3 aliphatic rings. The predicted molar refractivity (Wildman–Crippen MR) is 103 cm³/mol. The summed E-state index contributed by atoms with van der Waals surface area (Å²) in [5.41, 5.74) is 0.878. The van der Waals surface area contributed by atoms with Crippen molar-refractivity contribution in [1.29, 1.82) is 0 Å². The molecule has 7 nitrogen and oxygen atoms in total. The van der Waals surface area contributed by atoms with Crippen LogP contribution in [0.2, 0.25) is 0 Å². The number of rotatable bonds is 4. The summed E-state index contributed by atoms with van der Waals surface area (Å²) in [5.74, 6) is -1.71. The van der Waals surface area contributed by atoms with Crippen molar-refractivity contribution in [3.05, 3.63) is 16.1 Å². The second-order valence-electron chi connectivity index (χ2n) is 8.13. The minimum absolute atomic E-state index is 0.0988. The number of hydrogen-bond donors (Lipinski definition) is 1. The summed E-state index contributed by atoms with van der Waals surface area (Å²) in [4.78, 5) is 30.1. The zero-order valence-electron chi connectivity index (χ0n) is 16.8. The van der Waals surface area contributed by atoms with E-state index in [-0.39, 0.29) is 18.1 Å². The zero-order valence-corrected chi connectivity index (χ0v) is 17.6. The summed E-state index contributed by atoms with van der Waals surface area (Å²) in [7, 11) is 0. The number of hydrogen-bond acceptors (Lipinski definition) is 6. The summed E-state index contributed by atoms with van der Waals surface area (Å²) in [6.45, 7) is 7.05. The first kappa shape index (κ1) is 23.0. The zero-order chi connectivity index (χ0) is 21.9. The van der Waals surface area contributed by atoms with Gasteiger partial charge in [0.2, 0.25) is 5.91 Å². The molecule has 0 aromatic carbocycles. The summed E-state index contributed by atoms with van der Waals surface area (Å²) >= 11 is 1.65. The molecular formula is C19H26F3N3O4S. The van der Waals surface area contributed by atoms with Crippen LogP contribution in [-0.4, -0.2) is 76.3 Å². The van der Waals surface area contributed by atoms with Crippen molar-refractivity contribution in [1.82, 2.24) is 14.8 Å². The van der Waals surface area contributed by atoms with Gasteiger partial charge in [-0.3, -0.25) is 4.79 Å². The van der Waals surface area contributed by atoms with Gasteiger partial charge in [-0.1, -0.05) is 0 Å². The summed E-state index contributed by atoms with van der Waals surface area (Å²) in [5, 5.41) is 10.2. The second-order valence-corrected chi connectivity index (χ2v) is 9.19. The Labute approximate surface area is 176 Å². The first-order valence-corrected chi connectivity index (χ1v) is 10.8. The van der Waals surface area contributed by atoms with E-state index in [0.29, 0.717) is 6.54 Å². The largest absolute Gasteiger partial charge is 0.490 e. The van der Waals surface area contributed by atoms with Gasteiger partial charge in [-0.15, -0.1) is 11.3 Å². The van der Waals surface area contributed by atoms with Crippen molar-refractivity contribution in [3.8, 4) is 0 Å². The highest BCUT2D eigenvalue weighted by Gasteiger charge is 2.43. The molecule has 3 fully saturated rings. The summed E-state index contributed by atoms with van der Waals surface area (Å²) < 4.78 is 37.8. The molecule has 11 heteroatoms. The van der Waals surface area contributed by atoms with Crippen molar-refractivity contribution in [2.24, 2.45) is 5.92 Å². The molecule has 0 radical (unpaired) electrons. The number of alkyl halides is 3. The molecule has 168 valence electrons. The van der Waals surface area contributed by atoms with E-state index in [9.17, 15) is 18.0 Å². The lowest BCUT2D eigenvalue weighted by atomic mass is 9.89. The van der Waals surface area contributed by atoms with Gasteiger partial charge in [0, 0.05) is 25.0 Å². The van der Waals surface area contributed by atoms with Crippen molar-refractivity contribution >= 4 is 23.2 Å². The van der Waals surface area contributed by atoms with Crippen LogP contribution in [0.1, 0.15) is 36.4 Å². The van der Waals surface area contributed by atoms with Gasteiger partial charge in [-0.25, -0.2) is 9.78 Å². The standard InChI is InChI=1S/C17H25N3O2S.C2HF3O2/c1-13-18-15(11-23-13)9-20-12-17(22-10-16(20)21)4-6-19(7-5-17)8-14-2-3-14;3-2(4,5)1(6)7/h11,14H,2-10,12H2,1H3;(H,6,7). The third-order valence-electron chi connectivity index (χ3n) is 5.58. The number of carboxylic acid groups (broad SMARTS) is 1. The molecular weight excluding hydrogens is 423 g/mol. The van der Waals surface area contributed by atoms with Crippen LogP contribution in [-0.2, 0) is 20.9 Å². The lowest BCUT2D eigenvalue weighted by Crippen LogP contribution is -2.58. The monoisotopic (exact) mass is 449 g/mol. The molecule has 1 spiro atoms. The summed E-state index contributed by atoms with van der Waals surface area (Å²) in [6, 6.07) is 0. The number of aryl methyl sites for hydroxylation is 1. The van der Waals surface area contributed by atoms with Gasteiger partial charge >= 0.3 is 12.1 Å². The third-order valence-corrected chi connectivity index (χ3v) is 6.40. The second kappa shape index (κ2) is 9.19. The molecule has 1 saturated carbocycles. The summed E-state index contributed by atoms with van der Waals surface area (Å²) in [6.07, 6.45) is -0.180. The number of ether oxygens (including phenoxy) is 1. The number of likely N-dealkylation sites (tertiary alicyclic amines) is 1. The van der Waals surface area contributed by atoms with E-state index in [1.54, 1.807) is 11.3 Å². The smallest absolute Gasteiger partial charge is 0.475 e. The SMILES string of the molecule is Cc1nc(CN2CC3(CCN(CC4CC4)CC3)OCC2=O)cs1.O=C(O)C(F)(F)F. The van der Waals surface area contributed by atoms with Crippen LogP contribution in [0.15, 0.2) is 5.38 Å². The first-order valence-electron chi connectivity index (χ1n) is 9.91. The molecule has 30 heavy (non-hydrogen) atoms. The number of carboxylic acids is 1. The predicted octanol–water partition coefficient (Wildman–Crippen LogP) is 2.69. The van der Waals surface area contributed by atoms with Crippen LogP contribution in [0.3, 0.4) is 0 Å². The van der Waals surface area contributed by atoms with Gasteiger partial charge in [0.1, 0.15) is 6.61 Å². The van der Waals surface area contributed by atoms with Gasteiger partial charge in [-0.05, 0) is 38.5 Å². The minimum Gasteiger partial charge on any atom is -0.475 e. The Kier molecular flexibility index (Phi) is 7.03. The van der Waals surface area contributed by atoms with Crippen molar-refractivity contribution < 1.29 is 32.6 Å². The number of carbonyl (C=O) groups excluding carboxylic acids is 1. The third kappa shape index (κ3) is 6.39. The van der Waals surface area contributed by atoms with E-state index in [2.05, 4.69) is 15.3 Å². The van der Waals surface area contributed by atoms with Gasteiger partial charge < -0.3 is 19.6 Å². The normalized spacial score (nSPS) is 22.0. The van der Waals surface area contributed by atoms with E-state index in [4.69, 9.17) is 14.6 Å². The van der Waals surface area contributed by atoms with Crippen LogP contribution in [0, 0.1) is 12.8 Å². The van der Waals surface area contributed by atoms with Crippen LogP contribution >= 0.6 is 11.3 Å². The highest BCUT2D eigenvalue weighted by atomic mass is 32.1. The van der Waals surface area contributed by atoms with Crippen LogP contribution in [0.4, 0.5) is 13.2 Å². The van der Waals surface area contributed by atoms with E-state index in [0.717, 1.165) is 49.1 Å². The average Bonchev–Trinajstić information content (AvgIpc) is 3.40. The highest BCUT2D eigenvalue weighted by molar-refractivity contribution is 7.09. The van der Waals surface area contributed by atoms with Crippen molar-refractivity contribution in [2.45, 2.75) is 50.9 Å². The fourth-order valence-corrected chi connectivity index (χ4v) is 4.32. The fourth-order valence-electron chi connectivity index (χ4n) is 3.72. The minimum atomic E-state index is -5.08. The van der Waals surface area contributed by atoms with E-state index in [1.165, 1.54) is 19.4 Å². The van der Waals surface area contributed by atoms with Crippen molar-refractivity contribution in [2.75, 3.05) is 32.8 Å². The van der Waals surface area contributed by atoms with Gasteiger partial charge in [0.05, 0.1) is 29.4 Å². The molecule has 1 N–H and O–H groups in total. The maximum absolute atomic E-state index is 12.2. The fraction of sp³-hybridized carbons (Fsp3) is 0.737. The van der Waals surface area contributed by atoms with E-state index >= 15 is 0 Å². The number of amides is 1. The molecule has 4 rings (SSSR count). The Hall–Kier alpha value is -1.72. The lowest BCUT2D eigenvalue weighted by molar-refractivity contribution is -0.192. The molecule has 0 unspecified atom stereocenters. The van der Waals surface area contributed by atoms with Gasteiger partial charge in [0.25, 0.3) is 0 Å². The van der Waals surface area contributed by atoms with E-state index in [1.807, 2.05) is 11.8 Å². The Morgan fingerprint density at radius 1 is 1.37 bits per heavy atom. The first-order chi connectivity index (χ1) is 14.1. The Bertz CT molecular complexity index is 758. The Balaban J connectivity index is 0.000000318.